The summed E-state index contributed by atoms with van der Waals surface area (Å²) < 4.78 is 35.9. The number of hydrogen-bond donors (Lipinski definition) is 1. The largest absolute Gasteiger partial charge is 0.261 e. The molecular formula is C18H21FN2O2S. The molecule has 1 heterocycles. The molecule has 1 aliphatic carbocycles. The third-order valence-electron chi connectivity index (χ3n) is 5.12. The van der Waals surface area contributed by atoms with E-state index in [1.807, 2.05) is 12.1 Å². The Hall–Kier alpha value is -1.79. The molecular weight excluding hydrogens is 327 g/mol. The van der Waals surface area contributed by atoms with Crippen molar-refractivity contribution in [1.82, 2.24) is 4.98 Å². The van der Waals surface area contributed by atoms with Gasteiger partial charge in [0.1, 0.15) is 5.82 Å². The van der Waals surface area contributed by atoms with Crippen LogP contribution in [-0.2, 0) is 16.4 Å². The molecule has 0 unspecified atom stereocenters. The number of hydrogen-bond acceptors (Lipinski definition) is 3. The van der Waals surface area contributed by atoms with Gasteiger partial charge in [-0.3, -0.25) is 4.98 Å². The van der Waals surface area contributed by atoms with Crippen molar-refractivity contribution in [3.05, 3.63) is 59.7 Å². The second kappa shape index (κ2) is 5.93. The summed E-state index contributed by atoms with van der Waals surface area (Å²) in [6.45, 7) is 4.42. The Morgan fingerprint density at radius 1 is 1.21 bits per heavy atom. The van der Waals surface area contributed by atoms with E-state index < -0.39 is 10.0 Å². The molecule has 0 saturated heterocycles. The highest BCUT2D eigenvalue weighted by Gasteiger charge is 2.57. The van der Waals surface area contributed by atoms with Crippen LogP contribution in [0.25, 0.3) is 0 Å². The highest BCUT2D eigenvalue weighted by Crippen LogP contribution is 2.66. The van der Waals surface area contributed by atoms with E-state index in [0.29, 0.717) is 11.8 Å². The Morgan fingerprint density at radius 3 is 2.46 bits per heavy atom. The maximum absolute atomic E-state index is 13.2. The lowest BCUT2D eigenvalue weighted by Crippen LogP contribution is -2.11. The van der Waals surface area contributed by atoms with Crippen molar-refractivity contribution >= 4 is 10.0 Å². The van der Waals surface area contributed by atoms with Crippen molar-refractivity contribution in [1.29, 1.82) is 0 Å². The van der Waals surface area contributed by atoms with Crippen molar-refractivity contribution in [2.24, 2.45) is 16.5 Å². The summed E-state index contributed by atoms with van der Waals surface area (Å²) in [6.07, 6.45) is 4.64. The summed E-state index contributed by atoms with van der Waals surface area (Å²) in [6, 6.07) is 8.34. The maximum Gasteiger partial charge on any atom is 0.238 e. The number of aromatic nitrogens is 1. The lowest BCUT2D eigenvalue weighted by atomic mass is 10.0. The minimum atomic E-state index is -3.66. The van der Waals surface area contributed by atoms with Crippen LogP contribution in [0.5, 0.6) is 0 Å². The van der Waals surface area contributed by atoms with Gasteiger partial charge in [-0.2, -0.15) is 0 Å². The Bertz CT molecular complexity index is 848. The summed E-state index contributed by atoms with van der Waals surface area (Å²) in [5, 5.41) is 5.14. The SMILES string of the molecule is CC1(C)[C@H](CCc2cncc(F)c2)[C@H]1c1ccc(S(N)(=O)=O)cc1. The third-order valence-corrected chi connectivity index (χ3v) is 6.05. The first-order chi connectivity index (χ1) is 11.2. The van der Waals surface area contributed by atoms with Gasteiger partial charge in [-0.25, -0.2) is 17.9 Å². The van der Waals surface area contributed by atoms with E-state index in [0.717, 1.165) is 24.0 Å². The van der Waals surface area contributed by atoms with E-state index in [9.17, 15) is 12.8 Å². The first-order valence-corrected chi connectivity index (χ1v) is 9.46. The summed E-state index contributed by atoms with van der Waals surface area (Å²) in [4.78, 5) is 4.02. The zero-order valence-electron chi connectivity index (χ0n) is 13.7. The van der Waals surface area contributed by atoms with E-state index in [-0.39, 0.29) is 16.1 Å². The number of sulfonamides is 1. The van der Waals surface area contributed by atoms with E-state index in [1.165, 1.54) is 12.3 Å². The molecule has 0 bridgehead atoms. The second-order valence-corrected chi connectivity index (χ2v) is 8.63. The molecule has 0 aliphatic heterocycles. The number of primary sulfonamides is 1. The van der Waals surface area contributed by atoms with Crippen LogP contribution in [-0.4, -0.2) is 13.4 Å². The van der Waals surface area contributed by atoms with Crippen molar-refractivity contribution in [2.45, 2.75) is 37.5 Å². The third kappa shape index (κ3) is 3.35. The molecule has 24 heavy (non-hydrogen) atoms. The maximum atomic E-state index is 13.2. The van der Waals surface area contributed by atoms with Gasteiger partial charge in [0.15, 0.2) is 0 Å². The number of rotatable bonds is 5. The van der Waals surface area contributed by atoms with Gasteiger partial charge in [-0.15, -0.1) is 0 Å². The molecule has 0 radical (unpaired) electrons. The standard InChI is InChI=1S/C18H21FN2O2S/c1-18(2)16(8-3-12-9-14(19)11-21-10-12)17(18)13-4-6-15(7-5-13)24(20,22)23/h4-7,9-11,16-17H,3,8H2,1-2H3,(H2,20,22,23)/t16-,17-/m1/s1. The number of halogens is 1. The number of nitrogens with two attached hydrogens (primary N) is 1. The molecule has 1 aliphatic rings. The Kier molecular flexibility index (Phi) is 4.21. The van der Waals surface area contributed by atoms with Gasteiger partial charge in [0.2, 0.25) is 10.0 Å². The van der Waals surface area contributed by atoms with Gasteiger partial charge in [0, 0.05) is 6.20 Å². The molecule has 1 fully saturated rings. The molecule has 128 valence electrons. The van der Waals surface area contributed by atoms with E-state index in [2.05, 4.69) is 18.8 Å². The van der Waals surface area contributed by atoms with E-state index in [4.69, 9.17) is 5.14 Å². The monoisotopic (exact) mass is 348 g/mol. The Balaban J connectivity index is 1.70. The molecule has 2 atom stereocenters. The average molecular weight is 348 g/mol. The number of benzene rings is 1. The van der Waals surface area contributed by atoms with Crippen LogP contribution < -0.4 is 5.14 Å². The highest BCUT2D eigenvalue weighted by atomic mass is 32.2. The average Bonchev–Trinajstić information content (AvgIpc) is 3.05. The fourth-order valence-electron chi connectivity index (χ4n) is 3.72. The first-order valence-electron chi connectivity index (χ1n) is 7.92. The summed E-state index contributed by atoms with van der Waals surface area (Å²) in [7, 11) is -3.66. The van der Waals surface area contributed by atoms with E-state index >= 15 is 0 Å². The lowest BCUT2D eigenvalue weighted by molar-refractivity contribution is 0.529. The van der Waals surface area contributed by atoms with Crippen molar-refractivity contribution < 1.29 is 12.8 Å². The smallest absolute Gasteiger partial charge is 0.238 e. The fraction of sp³-hybridized carbons (Fsp3) is 0.389. The Labute approximate surface area is 142 Å². The quantitative estimate of drug-likeness (QED) is 0.901. The van der Waals surface area contributed by atoms with Crippen molar-refractivity contribution in [2.75, 3.05) is 0 Å². The van der Waals surface area contributed by atoms with Gasteiger partial charge in [-0.1, -0.05) is 26.0 Å². The number of aryl methyl sites for hydroxylation is 1. The topological polar surface area (TPSA) is 73.0 Å². The molecule has 4 nitrogen and oxygen atoms in total. The van der Waals surface area contributed by atoms with Gasteiger partial charge >= 0.3 is 0 Å². The molecule has 6 heteroatoms. The van der Waals surface area contributed by atoms with Crippen LogP contribution in [0.4, 0.5) is 4.39 Å². The van der Waals surface area contributed by atoms with Crippen LogP contribution in [0.2, 0.25) is 0 Å². The Morgan fingerprint density at radius 2 is 1.88 bits per heavy atom. The van der Waals surface area contributed by atoms with Crippen LogP contribution in [0.1, 0.15) is 37.3 Å². The molecule has 1 aromatic carbocycles. The second-order valence-electron chi connectivity index (χ2n) is 7.07. The lowest BCUT2D eigenvalue weighted by Gasteiger charge is -2.04. The zero-order chi connectivity index (χ0) is 17.5. The highest BCUT2D eigenvalue weighted by molar-refractivity contribution is 7.89. The molecule has 0 amide bonds. The fourth-order valence-corrected chi connectivity index (χ4v) is 4.24. The molecule has 1 aromatic heterocycles. The molecule has 2 N–H and O–H groups in total. The van der Waals surface area contributed by atoms with Gasteiger partial charge in [0.05, 0.1) is 11.1 Å². The van der Waals surface area contributed by atoms with E-state index in [1.54, 1.807) is 18.3 Å². The predicted octanol–water partition coefficient (Wildman–Crippen LogP) is 3.24. The zero-order valence-corrected chi connectivity index (χ0v) is 14.6. The number of nitrogens with zero attached hydrogens (tertiary/aromatic N) is 1. The van der Waals surface area contributed by atoms with Crippen molar-refractivity contribution in [3.8, 4) is 0 Å². The van der Waals surface area contributed by atoms with Gasteiger partial charge in [-0.05, 0) is 59.4 Å². The summed E-state index contributed by atoms with van der Waals surface area (Å²) in [5.74, 6) is 0.535. The minimum absolute atomic E-state index is 0.132. The summed E-state index contributed by atoms with van der Waals surface area (Å²) >= 11 is 0. The van der Waals surface area contributed by atoms with Crippen LogP contribution >= 0.6 is 0 Å². The predicted molar refractivity (Wildman–Crippen MR) is 90.3 cm³/mol. The van der Waals surface area contributed by atoms with Gasteiger partial charge < -0.3 is 0 Å². The van der Waals surface area contributed by atoms with Gasteiger partial charge in [0.25, 0.3) is 0 Å². The van der Waals surface area contributed by atoms with Crippen molar-refractivity contribution in [3.63, 3.8) is 0 Å². The van der Waals surface area contributed by atoms with Crippen LogP contribution in [0, 0.1) is 17.2 Å². The first kappa shape index (κ1) is 17.0. The normalized spacial score (nSPS) is 22.3. The molecule has 0 spiro atoms. The number of pyridine rings is 1. The molecule has 1 saturated carbocycles. The van der Waals surface area contributed by atoms with Crippen LogP contribution in [0.15, 0.2) is 47.6 Å². The summed E-state index contributed by atoms with van der Waals surface area (Å²) in [5.41, 5.74) is 2.17. The minimum Gasteiger partial charge on any atom is -0.261 e. The van der Waals surface area contributed by atoms with Crippen LogP contribution in [0.3, 0.4) is 0 Å². The molecule has 3 rings (SSSR count). The molecule has 2 aromatic rings.